The van der Waals surface area contributed by atoms with Crippen molar-refractivity contribution in [1.82, 2.24) is 0 Å². The van der Waals surface area contributed by atoms with Crippen LogP contribution in [-0.4, -0.2) is 10.7 Å². The Kier molecular flexibility index (Phi) is 3.36. The van der Waals surface area contributed by atoms with Crippen LogP contribution >= 0.6 is 22.6 Å². The summed E-state index contributed by atoms with van der Waals surface area (Å²) in [6.07, 6.45) is 0. The fraction of sp³-hybridized carbons (Fsp3) is 0.111. The van der Waals surface area contributed by atoms with E-state index < -0.39 is 4.92 Å². The van der Waals surface area contributed by atoms with Gasteiger partial charge in [-0.2, -0.15) is 5.26 Å². The molecule has 5 nitrogen and oxygen atoms in total. The summed E-state index contributed by atoms with van der Waals surface area (Å²) in [5.74, 6) is -0.385. The van der Waals surface area contributed by atoms with Crippen LogP contribution in [0.5, 0.6) is 0 Å². The predicted octanol–water partition coefficient (Wildman–Crippen LogP) is 2.27. The van der Waals surface area contributed by atoms with Crippen LogP contribution < -0.4 is 0 Å². The minimum atomic E-state index is -0.640. The quantitative estimate of drug-likeness (QED) is 0.363. The molecule has 0 unspecified atom stereocenters. The third-order valence-corrected chi connectivity index (χ3v) is 2.89. The number of Topliss-reactive ketones (excluding diaryl/α,β-unsaturated/α-hetero) is 1. The second-order valence-electron chi connectivity index (χ2n) is 2.75. The summed E-state index contributed by atoms with van der Waals surface area (Å²) in [7, 11) is 0. The van der Waals surface area contributed by atoms with Crippen LogP contribution in [0, 0.1) is 25.0 Å². The van der Waals surface area contributed by atoms with Gasteiger partial charge in [-0.05, 0) is 41.6 Å². The number of nitrogens with zero attached hydrogens (tertiary/aromatic N) is 2. The molecule has 0 aliphatic heterocycles. The molecule has 1 aromatic carbocycles. The molecule has 0 N–H and O–H groups in total. The first-order valence-corrected chi connectivity index (χ1v) is 4.94. The number of halogens is 1. The Balaban J connectivity index is 3.60. The Bertz CT molecular complexity index is 491. The molecule has 1 aromatic rings. The maximum absolute atomic E-state index is 11.1. The van der Waals surface area contributed by atoms with Gasteiger partial charge in [0.05, 0.1) is 16.1 Å². The lowest BCUT2D eigenvalue weighted by atomic mass is 10.1. The van der Waals surface area contributed by atoms with Gasteiger partial charge in [-0.3, -0.25) is 14.9 Å². The molecule has 15 heavy (non-hydrogen) atoms. The Morgan fingerprint density at radius 3 is 2.60 bits per heavy atom. The highest BCUT2D eigenvalue weighted by Gasteiger charge is 2.23. The molecule has 0 fully saturated rings. The highest BCUT2D eigenvalue weighted by Crippen LogP contribution is 2.28. The Morgan fingerprint density at radius 1 is 1.60 bits per heavy atom. The van der Waals surface area contributed by atoms with Crippen LogP contribution in [0.2, 0.25) is 0 Å². The topological polar surface area (TPSA) is 84.0 Å². The summed E-state index contributed by atoms with van der Waals surface area (Å²) in [6.45, 7) is 1.25. The number of hydrogen-bond donors (Lipinski definition) is 0. The average molecular weight is 316 g/mol. The van der Waals surface area contributed by atoms with E-state index in [0.29, 0.717) is 0 Å². The minimum Gasteiger partial charge on any atom is -0.294 e. The van der Waals surface area contributed by atoms with Gasteiger partial charge in [0.2, 0.25) is 0 Å². The standard InChI is InChI=1S/C9H5IN2O3/c1-5(13)7-3-2-6(4-11)8(10)9(7)12(14)15/h2-3H,1H3. The summed E-state index contributed by atoms with van der Waals surface area (Å²) in [5.41, 5.74) is -0.0575. The molecule has 0 heterocycles. The molecule has 6 heteroatoms. The molecule has 1 rings (SSSR count). The zero-order chi connectivity index (χ0) is 11.6. The smallest absolute Gasteiger partial charge is 0.294 e. The third-order valence-electron chi connectivity index (χ3n) is 1.80. The summed E-state index contributed by atoms with van der Waals surface area (Å²) in [4.78, 5) is 21.2. The fourth-order valence-corrected chi connectivity index (χ4v) is 1.90. The molecular formula is C9H5IN2O3. The molecule has 0 amide bonds. The highest BCUT2D eigenvalue weighted by atomic mass is 127. The van der Waals surface area contributed by atoms with Gasteiger partial charge >= 0.3 is 0 Å². The van der Waals surface area contributed by atoms with Crippen molar-refractivity contribution in [3.63, 3.8) is 0 Å². The van der Waals surface area contributed by atoms with E-state index >= 15 is 0 Å². The van der Waals surface area contributed by atoms with E-state index in [2.05, 4.69) is 0 Å². The summed E-state index contributed by atoms with van der Waals surface area (Å²) < 4.78 is 0.202. The molecule has 0 radical (unpaired) electrons. The lowest BCUT2D eigenvalue weighted by molar-refractivity contribution is -0.386. The number of nitriles is 1. The lowest BCUT2D eigenvalue weighted by Crippen LogP contribution is -2.03. The molecular weight excluding hydrogens is 311 g/mol. The number of nitro groups is 1. The zero-order valence-corrected chi connectivity index (χ0v) is 9.81. The monoisotopic (exact) mass is 316 g/mol. The molecule has 76 valence electrons. The van der Waals surface area contributed by atoms with Crippen LogP contribution in [0.15, 0.2) is 12.1 Å². The van der Waals surface area contributed by atoms with Crippen molar-refractivity contribution in [2.45, 2.75) is 6.92 Å². The third kappa shape index (κ3) is 2.12. The Labute approximate surface area is 99.0 Å². The van der Waals surface area contributed by atoms with Crippen molar-refractivity contribution in [3.8, 4) is 6.07 Å². The van der Waals surface area contributed by atoms with Crippen molar-refractivity contribution < 1.29 is 9.72 Å². The Morgan fingerprint density at radius 2 is 2.20 bits per heavy atom. The largest absolute Gasteiger partial charge is 0.294 e. The fourth-order valence-electron chi connectivity index (χ4n) is 1.11. The maximum Gasteiger partial charge on any atom is 0.294 e. The predicted molar refractivity (Wildman–Crippen MR) is 60.5 cm³/mol. The van der Waals surface area contributed by atoms with E-state index in [4.69, 9.17) is 5.26 Å². The van der Waals surface area contributed by atoms with E-state index in [-0.39, 0.29) is 26.2 Å². The van der Waals surface area contributed by atoms with Crippen molar-refractivity contribution in [2.75, 3.05) is 0 Å². The number of rotatable bonds is 2. The number of nitro benzene ring substituents is 1. The van der Waals surface area contributed by atoms with Gasteiger partial charge < -0.3 is 0 Å². The number of benzene rings is 1. The highest BCUT2D eigenvalue weighted by molar-refractivity contribution is 14.1. The van der Waals surface area contributed by atoms with Gasteiger partial charge in [0.25, 0.3) is 5.69 Å². The molecule has 0 aromatic heterocycles. The molecule has 0 bridgehead atoms. The van der Waals surface area contributed by atoms with Gasteiger partial charge in [0, 0.05) is 0 Å². The van der Waals surface area contributed by atoms with Crippen LogP contribution in [-0.2, 0) is 0 Å². The molecule has 0 aliphatic rings. The molecule has 0 atom stereocenters. The van der Waals surface area contributed by atoms with Gasteiger partial charge in [0.15, 0.2) is 5.78 Å². The lowest BCUT2D eigenvalue weighted by Gasteiger charge is -2.02. The maximum atomic E-state index is 11.1. The van der Waals surface area contributed by atoms with E-state index in [1.54, 1.807) is 22.6 Å². The van der Waals surface area contributed by atoms with Crippen LogP contribution in [0.1, 0.15) is 22.8 Å². The zero-order valence-electron chi connectivity index (χ0n) is 7.65. The summed E-state index contributed by atoms with van der Waals surface area (Å²) >= 11 is 1.70. The van der Waals surface area contributed by atoms with Crippen molar-refractivity contribution in [2.24, 2.45) is 0 Å². The normalized spacial score (nSPS) is 9.40. The molecule has 0 saturated heterocycles. The van der Waals surface area contributed by atoms with E-state index in [1.807, 2.05) is 6.07 Å². The Hall–Kier alpha value is -1.49. The van der Waals surface area contributed by atoms with Gasteiger partial charge in [-0.1, -0.05) is 0 Å². The first-order chi connectivity index (χ1) is 6.99. The van der Waals surface area contributed by atoms with E-state index in [1.165, 1.54) is 19.1 Å². The van der Waals surface area contributed by atoms with Crippen molar-refractivity contribution in [3.05, 3.63) is 36.9 Å². The van der Waals surface area contributed by atoms with Crippen molar-refractivity contribution >= 4 is 34.1 Å². The van der Waals surface area contributed by atoms with Crippen LogP contribution in [0.3, 0.4) is 0 Å². The first-order valence-electron chi connectivity index (χ1n) is 3.87. The molecule has 0 spiro atoms. The number of carbonyl (C=O) groups excluding carboxylic acids is 1. The number of carbonyl (C=O) groups is 1. The number of ketones is 1. The molecule has 0 saturated carbocycles. The second-order valence-corrected chi connectivity index (χ2v) is 3.83. The van der Waals surface area contributed by atoms with Crippen molar-refractivity contribution in [1.29, 1.82) is 5.26 Å². The molecule has 0 aliphatic carbocycles. The minimum absolute atomic E-state index is 0.0309. The average Bonchev–Trinajstić information content (AvgIpc) is 2.16. The SMILES string of the molecule is CC(=O)c1ccc(C#N)c(I)c1[N+](=O)[O-]. The summed E-state index contributed by atoms with van der Waals surface area (Å²) in [6, 6.07) is 4.55. The van der Waals surface area contributed by atoms with Gasteiger partial charge in [-0.15, -0.1) is 0 Å². The number of hydrogen-bond acceptors (Lipinski definition) is 4. The van der Waals surface area contributed by atoms with E-state index in [0.717, 1.165) is 0 Å². The van der Waals surface area contributed by atoms with E-state index in [9.17, 15) is 14.9 Å². The second kappa shape index (κ2) is 4.35. The van der Waals surface area contributed by atoms with Gasteiger partial charge in [0.1, 0.15) is 9.64 Å². The summed E-state index contributed by atoms with van der Waals surface area (Å²) in [5, 5.41) is 19.4. The first kappa shape index (κ1) is 11.6. The van der Waals surface area contributed by atoms with Gasteiger partial charge in [-0.25, -0.2) is 0 Å². The van der Waals surface area contributed by atoms with Crippen LogP contribution in [0.25, 0.3) is 0 Å². The van der Waals surface area contributed by atoms with Crippen LogP contribution in [0.4, 0.5) is 5.69 Å².